The number of esters is 1. The summed E-state index contributed by atoms with van der Waals surface area (Å²) >= 11 is 0. The summed E-state index contributed by atoms with van der Waals surface area (Å²) in [6.45, 7) is 6.91. The lowest BCUT2D eigenvalue weighted by molar-refractivity contribution is -0.155. The van der Waals surface area contributed by atoms with Crippen molar-refractivity contribution in [2.24, 2.45) is 0 Å². The molecule has 0 N–H and O–H groups in total. The van der Waals surface area contributed by atoms with E-state index >= 15 is 0 Å². The predicted molar refractivity (Wildman–Crippen MR) is 89.3 cm³/mol. The van der Waals surface area contributed by atoms with Gasteiger partial charge in [-0.05, 0) is 71.3 Å². The highest BCUT2D eigenvalue weighted by Crippen LogP contribution is 2.13. The van der Waals surface area contributed by atoms with E-state index in [1.54, 1.807) is 7.11 Å². The van der Waals surface area contributed by atoms with Gasteiger partial charge in [0.15, 0.2) is 0 Å². The molecular formula is C18H29NO3. The number of benzene rings is 1. The lowest BCUT2D eigenvalue weighted by Crippen LogP contribution is -2.33. The van der Waals surface area contributed by atoms with Crippen LogP contribution in [0.2, 0.25) is 0 Å². The summed E-state index contributed by atoms with van der Waals surface area (Å²) in [4.78, 5) is 13.7. The summed E-state index contributed by atoms with van der Waals surface area (Å²) in [7, 11) is 3.63. The third kappa shape index (κ3) is 8.03. The van der Waals surface area contributed by atoms with Gasteiger partial charge in [-0.15, -0.1) is 0 Å². The second kappa shape index (κ2) is 8.79. The molecule has 0 unspecified atom stereocenters. The minimum Gasteiger partial charge on any atom is -0.497 e. The minimum absolute atomic E-state index is 0.162. The molecule has 0 spiro atoms. The molecule has 0 aromatic heterocycles. The molecule has 22 heavy (non-hydrogen) atoms. The lowest BCUT2D eigenvalue weighted by Gasteiger charge is -2.22. The molecule has 1 rings (SSSR count). The fourth-order valence-corrected chi connectivity index (χ4v) is 2.18. The number of methoxy groups -OCH3 is 1. The summed E-state index contributed by atoms with van der Waals surface area (Å²) in [5.41, 5.74) is 0.905. The van der Waals surface area contributed by atoms with Crippen LogP contribution in [0.5, 0.6) is 5.75 Å². The highest BCUT2D eigenvalue weighted by atomic mass is 16.6. The number of nitrogens with zero attached hydrogens (tertiary/aromatic N) is 1. The third-order valence-electron chi connectivity index (χ3n) is 3.23. The van der Waals surface area contributed by atoms with Gasteiger partial charge in [0.2, 0.25) is 0 Å². The van der Waals surface area contributed by atoms with Crippen LogP contribution in [0.4, 0.5) is 0 Å². The topological polar surface area (TPSA) is 38.8 Å². The van der Waals surface area contributed by atoms with E-state index in [9.17, 15) is 4.79 Å². The maximum Gasteiger partial charge on any atom is 0.320 e. The molecule has 0 heterocycles. The van der Waals surface area contributed by atoms with E-state index in [1.807, 2.05) is 44.9 Å². The highest BCUT2D eigenvalue weighted by Gasteiger charge is 2.17. The molecule has 0 saturated carbocycles. The Morgan fingerprint density at radius 2 is 1.77 bits per heavy atom. The maximum absolute atomic E-state index is 11.7. The number of carbonyl (C=O) groups excluding carboxylic acids is 1. The molecule has 0 aliphatic heterocycles. The molecule has 1 aromatic rings. The zero-order chi connectivity index (χ0) is 16.6. The first-order valence-corrected chi connectivity index (χ1v) is 7.83. The van der Waals surface area contributed by atoms with E-state index in [1.165, 1.54) is 5.56 Å². The van der Waals surface area contributed by atoms with Crippen LogP contribution in [-0.2, 0) is 16.0 Å². The van der Waals surface area contributed by atoms with Crippen LogP contribution >= 0.6 is 0 Å². The second-order valence-corrected chi connectivity index (χ2v) is 6.63. The van der Waals surface area contributed by atoms with Crippen molar-refractivity contribution < 1.29 is 14.3 Å². The van der Waals surface area contributed by atoms with Crippen LogP contribution in [0.3, 0.4) is 0 Å². The first-order valence-electron chi connectivity index (χ1n) is 7.83. The van der Waals surface area contributed by atoms with Gasteiger partial charge in [-0.1, -0.05) is 12.1 Å². The van der Waals surface area contributed by atoms with E-state index in [0.717, 1.165) is 31.6 Å². The highest BCUT2D eigenvalue weighted by molar-refractivity contribution is 5.72. The molecule has 0 amide bonds. The summed E-state index contributed by atoms with van der Waals surface area (Å²) in [6, 6.07) is 8.18. The zero-order valence-electron chi connectivity index (χ0n) is 14.5. The van der Waals surface area contributed by atoms with Gasteiger partial charge in [0.1, 0.15) is 11.4 Å². The monoisotopic (exact) mass is 307 g/mol. The molecule has 0 atom stereocenters. The molecule has 4 nitrogen and oxygen atoms in total. The largest absolute Gasteiger partial charge is 0.497 e. The second-order valence-electron chi connectivity index (χ2n) is 6.63. The molecule has 0 aliphatic rings. The Hall–Kier alpha value is -1.55. The van der Waals surface area contributed by atoms with Gasteiger partial charge in [-0.25, -0.2) is 0 Å². The standard InChI is InChI=1S/C18H29NO3/c1-18(2,3)22-17(20)14-19(4)13-7-6-8-15-9-11-16(21-5)12-10-15/h9-12H,6-8,13-14H2,1-5H3. The van der Waals surface area contributed by atoms with Crippen molar-refractivity contribution in [3.63, 3.8) is 0 Å². The maximum atomic E-state index is 11.7. The third-order valence-corrected chi connectivity index (χ3v) is 3.23. The van der Waals surface area contributed by atoms with Crippen molar-refractivity contribution in [3.05, 3.63) is 29.8 Å². The van der Waals surface area contributed by atoms with Gasteiger partial charge >= 0.3 is 5.97 Å². The molecule has 0 radical (unpaired) electrons. The molecule has 1 aromatic carbocycles. The number of carbonyl (C=O) groups is 1. The van der Waals surface area contributed by atoms with Gasteiger partial charge in [0.05, 0.1) is 13.7 Å². The van der Waals surface area contributed by atoms with Crippen LogP contribution in [-0.4, -0.2) is 43.7 Å². The quantitative estimate of drug-likeness (QED) is 0.546. The van der Waals surface area contributed by atoms with E-state index in [0.29, 0.717) is 6.54 Å². The number of aryl methyl sites for hydroxylation is 1. The SMILES string of the molecule is COc1ccc(CCCCN(C)CC(=O)OC(C)(C)C)cc1. The molecule has 124 valence electrons. The van der Waals surface area contributed by atoms with E-state index in [4.69, 9.17) is 9.47 Å². The predicted octanol–water partition coefficient (Wildman–Crippen LogP) is 3.29. The van der Waals surface area contributed by atoms with Gasteiger partial charge in [-0.2, -0.15) is 0 Å². The zero-order valence-corrected chi connectivity index (χ0v) is 14.5. The molecule has 4 heteroatoms. The van der Waals surface area contributed by atoms with E-state index < -0.39 is 5.60 Å². The Kier molecular flexibility index (Phi) is 7.39. The fraction of sp³-hybridized carbons (Fsp3) is 0.611. The van der Waals surface area contributed by atoms with Gasteiger partial charge < -0.3 is 9.47 Å². The van der Waals surface area contributed by atoms with Crippen molar-refractivity contribution in [3.8, 4) is 5.75 Å². The number of likely N-dealkylation sites (N-methyl/N-ethyl adjacent to an activating group) is 1. The van der Waals surface area contributed by atoms with E-state index in [2.05, 4.69) is 12.1 Å². The van der Waals surface area contributed by atoms with E-state index in [-0.39, 0.29) is 5.97 Å². The smallest absolute Gasteiger partial charge is 0.320 e. The average Bonchev–Trinajstić information content (AvgIpc) is 2.42. The first kappa shape index (κ1) is 18.5. The number of hydrogen-bond acceptors (Lipinski definition) is 4. The normalized spacial score (nSPS) is 11.5. The van der Waals surface area contributed by atoms with Crippen molar-refractivity contribution in [1.29, 1.82) is 0 Å². The van der Waals surface area contributed by atoms with Crippen LogP contribution in [0.25, 0.3) is 0 Å². The van der Waals surface area contributed by atoms with Crippen molar-refractivity contribution >= 4 is 5.97 Å². The van der Waals surface area contributed by atoms with Crippen molar-refractivity contribution in [2.75, 3.05) is 27.2 Å². The number of hydrogen-bond donors (Lipinski definition) is 0. The minimum atomic E-state index is -0.410. The Bertz CT molecular complexity index is 448. The van der Waals surface area contributed by atoms with Crippen LogP contribution < -0.4 is 4.74 Å². The molecule has 0 saturated heterocycles. The Morgan fingerprint density at radius 3 is 2.32 bits per heavy atom. The fourth-order valence-electron chi connectivity index (χ4n) is 2.18. The number of rotatable bonds is 8. The average molecular weight is 307 g/mol. The van der Waals surface area contributed by atoms with Gasteiger partial charge in [0.25, 0.3) is 0 Å². The molecule has 0 bridgehead atoms. The molecular weight excluding hydrogens is 278 g/mol. The lowest BCUT2D eigenvalue weighted by atomic mass is 10.1. The summed E-state index contributed by atoms with van der Waals surface area (Å²) in [6.07, 6.45) is 3.21. The molecule has 0 fully saturated rings. The summed E-state index contributed by atoms with van der Waals surface area (Å²) < 4.78 is 10.5. The Labute approximate surface area is 134 Å². The van der Waals surface area contributed by atoms with Crippen LogP contribution in [0.15, 0.2) is 24.3 Å². The first-order chi connectivity index (χ1) is 10.3. The summed E-state index contributed by atoms with van der Waals surface area (Å²) in [5, 5.41) is 0. The van der Waals surface area contributed by atoms with Crippen LogP contribution in [0.1, 0.15) is 39.2 Å². The summed E-state index contributed by atoms with van der Waals surface area (Å²) in [5.74, 6) is 0.728. The van der Waals surface area contributed by atoms with Crippen molar-refractivity contribution in [2.45, 2.75) is 45.6 Å². The van der Waals surface area contributed by atoms with Crippen LogP contribution in [0, 0.1) is 0 Å². The Morgan fingerprint density at radius 1 is 1.14 bits per heavy atom. The molecule has 0 aliphatic carbocycles. The van der Waals surface area contributed by atoms with Gasteiger partial charge in [0, 0.05) is 0 Å². The number of unbranched alkanes of at least 4 members (excludes halogenated alkanes) is 1. The number of ether oxygens (including phenoxy) is 2. The van der Waals surface area contributed by atoms with Crippen molar-refractivity contribution in [1.82, 2.24) is 4.90 Å². The Balaban J connectivity index is 2.19. The van der Waals surface area contributed by atoms with Gasteiger partial charge in [-0.3, -0.25) is 9.69 Å².